The zero-order chi connectivity index (χ0) is 15.5. The van der Waals surface area contributed by atoms with Gasteiger partial charge >= 0.3 is 0 Å². The smallest absolute Gasteiger partial charge is 0.244 e. The predicted molar refractivity (Wildman–Crippen MR) is 83.0 cm³/mol. The summed E-state index contributed by atoms with van der Waals surface area (Å²) in [4.78, 5) is 0.0453. The molecule has 0 aromatic heterocycles. The first-order valence-electron chi connectivity index (χ1n) is 6.55. The van der Waals surface area contributed by atoms with Gasteiger partial charge < -0.3 is 5.73 Å². The number of nitrogens with zero attached hydrogens (tertiary/aromatic N) is 1. The van der Waals surface area contributed by atoms with E-state index in [2.05, 4.69) is 11.8 Å². The minimum Gasteiger partial charge on any atom is -0.320 e. The number of hydrogen-bond donors (Lipinski definition) is 1. The van der Waals surface area contributed by atoms with E-state index in [-0.39, 0.29) is 22.3 Å². The number of nitrogens with two attached hydrogens (primary N) is 1. The monoisotopic (exact) mass is 328 g/mol. The Labute approximate surface area is 128 Å². The van der Waals surface area contributed by atoms with Crippen LogP contribution in [0.15, 0.2) is 23.1 Å². The fourth-order valence-electron chi connectivity index (χ4n) is 2.11. The first kappa shape index (κ1) is 16.3. The molecule has 7 heteroatoms. The lowest BCUT2D eigenvalue weighted by atomic mass is 10.2. The van der Waals surface area contributed by atoms with Crippen LogP contribution in [-0.4, -0.2) is 43.4 Å². The van der Waals surface area contributed by atoms with Gasteiger partial charge in [-0.3, -0.25) is 0 Å². The van der Waals surface area contributed by atoms with E-state index in [4.69, 9.17) is 5.73 Å². The van der Waals surface area contributed by atoms with Crippen molar-refractivity contribution >= 4 is 21.8 Å². The minimum absolute atomic E-state index is 0.0453. The number of hydrogen-bond acceptors (Lipinski definition) is 4. The lowest BCUT2D eigenvalue weighted by Crippen LogP contribution is -2.41. The maximum absolute atomic E-state index is 13.4. The summed E-state index contributed by atoms with van der Waals surface area (Å²) < 4.78 is 40.2. The molecule has 0 saturated carbocycles. The van der Waals surface area contributed by atoms with Crippen molar-refractivity contribution in [2.45, 2.75) is 17.1 Å². The highest BCUT2D eigenvalue weighted by Crippen LogP contribution is 2.26. The van der Waals surface area contributed by atoms with Gasteiger partial charge in [0, 0.05) is 29.7 Å². The van der Waals surface area contributed by atoms with Crippen LogP contribution in [0, 0.1) is 17.7 Å². The average molecular weight is 328 g/mol. The van der Waals surface area contributed by atoms with E-state index < -0.39 is 15.8 Å². The van der Waals surface area contributed by atoms with Crippen LogP contribution in [0.1, 0.15) is 12.5 Å². The molecular weight excluding hydrogens is 311 g/mol. The SMILES string of the molecule is CC1CN(S(=O)(=O)c2ccc(F)cc2C#CCN)CCS1. The van der Waals surface area contributed by atoms with E-state index in [9.17, 15) is 12.8 Å². The molecule has 0 radical (unpaired) electrons. The second-order valence-electron chi connectivity index (χ2n) is 4.69. The van der Waals surface area contributed by atoms with Crippen LogP contribution < -0.4 is 5.73 Å². The minimum atomic E-state index is -3.66. The molecule has 4 nitrogen and oxygen atoms in total. The Morgan fingerprint density at radius 3 is 2.95 bits per heavy atom. The molecule has 1 saturated heterocycles. The Bertz CT molecular complexity index is 680. The number of sulfonamides is 1. The molecule has 1 fully saturated rings. The molecule has 1 atom stereocenters. The molecule has 114 valence electrons. The summed E-state index contributed by atoms with van der Waals surface area (Å²) in [5, 5.41) is 0.243. The highest BCUT2D eigenvalue weighted by molar-refractivity contribution is 8.00. The molecule has 1 aliphatic rings. The van der Waals surface area contributed by atoms with E-state index in [1.807, 2.05) is 6.92 Å². The molecule has 1 aromatic carbocycles. The Kier molecular flexibility index (Phi) is 5.27. The first-order chi connectivity index (χ1) is 9.95. The van der Waals surface area contributed by atoms with Gasteiger partial charge in [0.25, 0.3) is 0 Å². The molecule has 1 aliphatic heterocycles. The van der Waals surface area contributed by atoms with Crippen LogP contribution in [0.2, 0.25) is 0 Å². The highest BCUT2D eigenvalue weighted by atomic mass is 32.2. The van der Waals surface area contributed by atoms with E-state index in [1.54, 1.807) is 11.8 Å². The van der Waals surface area contributed by atoms with E-state index in [0.717, 1.165) is 17.9 Å². The molecular formula is C14H17FN2O2S2. The second kappa shape index (κ2) is 6.79. The second-order valence-corrected chi connectivity index (χ2v) is 8.14. The number of rotatable bonds is 2. The third kappa shape index (κ3) is 3.77. The van der Waals surface area contributed by atoms with Crippen molar-refractivity contribution < 1.29 is 12.8 Å². The van der Waals surface area contributed by atoms with E-state index >= 15 is 0 Å². The van der Waals surface area contributed by atoms with Gasteiger partial charge in [-0.2, -0.15) is 16.1 Å². The van der Waals surface area contributed by atoms with Gasteiger partial charge in [-0.25, -0.2) is 12.8 Å². The van der Waals surface area contributed by atoms with Gasteiger partial charge in [0.05, 0.1) is 11.4 Å². The van der Waals surface area contributed by atoms with Crippen LogP contribution in [0.3, 0.4) is 0 Å². The van der Waals surface area contributed by atoms with Crippen molar-refractivity contribution in [3.63, 3.8) is 0 Å². The fourth-order valence-corrected chi connectivity index (χ4v) is 5.00. The summed E-state index contributed by atoms with van der Waals surface area (Å²) in [7, 11) is -3.66. The molecule has 0 bridgehead atoms. The Hall–Kier alpha value is -1.07. The summed E-state index contributed by atoms with van der Waals surface area (Å²) in [6.45, 7) is 2.99. The van der Waals surface area contributed by atoms with Crippen LogP contribution in [0.25, 0.3) is 0 Å². The average Bonchev–Trinajstić information content (AvgIpc) is 2.45. The standard InChI is InChI=1S/C14H17FN2O2S2/c1-11-10-17(7-8-20-11)21(18,19)14-5-4-13(15)9-12(14)3-2-6-16/h4-5,9,11H,6-8,10,16H2,1H3. The topological polar surface area (TPSA) is 63.4 Å². The molecule has 1 unspecified atom stereocenters. The summed E-state index contributed by atoms with van der Waals surface area (Å²) >= 11 is 1.74. The zero-order valence-electron chi connectivity index (χ0n) is 11.7. The number of benzene rings is 1. The van der Waals surface area contributed by atoms with Crippen LogP contribution in [0.5, 0.6) is 0 Å². The zero-order valence-corrected chi connectivity index (χ0v) is 13.3. The number of thioether (sulfide) groups is 1. The summed E-state index contributed by atoms with van der Waals surface area (Å²) in [6.07, 6.45) is 0. The molecule has 1 heterocycles. The normalized spacial score (nSPS) is 19.9. The summed E-state index contributed by atoms with van der Waals surface area (Å²) in [6, 6.07) is 3.55. The summed E-state index contributed by atoms with van der Waals surface area (Å²) in [5.74, 6) is 5.46. The van der Waals surface area contributed by atoms with Crippen molar-refractivity contribution in [3.05, 3.63) is 29.6 Å². The third-order valence-electron chi connectivity index (χ3n) is 3.09. The van der Waals surface area contributed by atoms with Crippen molar-refractivity contribution in [2.24, 2.45) is 5.73 Å². The van der Waals surface area contributed by atoms with Gasteiger partial charge in [-0.05, 0) is 18.2 Å². The fraction of sp³-hybridized carbons (Fsp3) is 0.429. The largest absolute Gasteiger partial charge is 0.320 e. The van der Waals surface area contributed by atoms with Crippen LogP contribution >= 0.6 is 11.8 Å². The van der Waals surface area contributed by atoms with E-state index in [0.29, 0.717) is 13.1 Å². The maximum atomic E-state index is 13.4. The first-order valence-corrected chi connectivity index (χ1v) is 9.04. The molecule has 2 rings (SSSR count). The lowest BCUT2D eigenvalue weighted by Gasteiger charge is -2.30. The molecule has 0 amide bonds. The Balaban J connectivity index is 2.44. The predicted octanol–water partition coefficient (Wildman–Crippen LogP) is 1.26. The quantitative estimate of drug-likeness (QED) is 0.830. The summed E-state index contributed by atoms with van der Waals surface area (Å²) in [5.41, 5.74) is 5.46. The van der Waals surface area contributed by atoms with Crippen molar-refractivity contribution in [1.29, 1.82) is 0 Å². The van der Waals surface area contributed by atoms with Gasteiger partial charge in [0.15, 0.2) is 0 Å². The lowest BCUT2D eigenvalue weighted by molar-refractivity contribution is 0.424. The molecule has 21 heavy (non-hydrogen) atoms. The van der Waals surface area contributed by atoms with Gasteiger partial charge in [-0.1, -0.05) is 18.8 Å². The van der Waals surface area contributed by atoms with Gasteiger partial charge in [0.2, 0.25) is 10.0 Å². The van der Waals surface area contributed by atoms with E-state index in [1.165, 1.54) is 10.4 Å². The molecule has 0 spiro atoms. The van der Waals surface area contributed by atoms with Crippen LogP contribution in [-0.2, 0) is 10.0 Å². The number of halogens is 1. The maximum Gasteiger partial charge on any atom is 0.244 e. The van der Waals surface area contributed by atoms with Gasteiger partial charge in [-0.15, -0.1) is 0 Å². The van der Waals surface area contributed by atoms with Crippen molar-refractivity contribution in [1.82, 2.24) is 4.31 Å². The molecule has 1 aromatic rings. The van der Waals surface area contributed by atoms with Crippen molar-refractivity contribution in [2.75, 3.05) is 25.4 Å². The Morgan fingerprint density at radius 1 is 1.52 bits per heavy atom. The molecule has 2 N–H and O–H groups in total. The van der Waals surface area contributed by atoms with Gasteiger partial charge in [0.1, 0.15) is 5.82 Å². The third-order valence-corrected chi connectivity index (χ3v) is 6.15. The highest BCUT2D eigenvalue weighted by Gasteiger charge is 2.30. The van der Waals surface area contributed by atoms with Crippen LogP contribution in [0.4, 0.5) is 4.39 Å². The Morgan fingerprint density at radius 2 is 2.29 bits per heavy atom. The molecule has 0 aliphatic carbocycles. The van der Waals surface area contributed by atoms with Crippen molar-refractivity contribution in [3.8, 4) is 11.8 Å².